The number of benzene rings is 9. The van der Waals surface area contributed by atoms with Crippen LogP contribution in [0.25, 0.3) is 93.5 Å². The van der Waals surface area contributed by atoms with Gasteiger partial charge >= 0.3 is 0 Å². The maximum atomic E-state index is 5.30. The summed E-state index contributed by atoms with van der Waals surface area (Å²) in [6.07, 6.45) is 0. The first-order valence-electron chi connectivity index (χ1n) is 16.8. The van der Waals surface area contributed by atoms with Crippen LogP contribution in [0.3, 0.4) is 0 Å². The monoisotopic (exact) mass is 622 g/mol. The molecule has 0 bridgehead atoms. The summed E-state index contributed by atoms with van der Waals surface area (Å²) in [5.41, 5.74) is 9.17. The lowest BCUT2D eigenvalue weighted by Crippen LogP contribution is -1.99. The van der Waals surface area contributed by atoms with E-state index in [1.54, 1.807) is 0 Å². The fraction of sp³-hybridized carbons (Fsp3) is 0. The zero-order valence-electron chi connectivity index (χ0n) is 26.7. The van der Waals surface area contributed by atoms with E-state index in [4.69, 9.17) is 4.98 Å². The Bertz CT molecular complexity index is 2820. The first-order valence-corrected chi connectivity index (χ1v) is 16.8. The Morgan fingerprint density at radius 2 is 0.837 bits per heavy atom. The van der Waals surface area contributed by atoms with Crippen LogP contribution in [0, 0.1) is 0 Å². The smallest absolute Gasteiger partial charge is 0.146 e. The first kappa shape index (κ1) is 27.6. The standard InChI is InChI=1S/C47H30N2/c1-2-17-32(18-3-1)49-44-29-15-14-28-43(44)48-47(49)41-27-13-12-26-40(41)45-36-22-8-10-24-38(36)46(39-25-11-9-23-37(39)45)42-30-31-16-4-5-19-33(31)34-20-6-7-21-35(34)42/h1-30H. The highest BCUT2D eigenvalue weighted by Gasteiger charge is 2.23. The number of nitrogens with zero attached hydrogens (tertiary/aromatic N) is 2. The number of rotatable bonds is 4. The molecule has 0 aliphatic rings. The molecule has 1 aromatic heterocycles. The molecule has 0 amide bonds. The molecular weight excluding hydrogens is 593 g/mol. The highest BCUT2D eigenvalue weighted by atomic mass is 15.1. The quantitative estimate of drug-likeness (QED) is 0.141. The Kier molecular flexibility index (Phi) is 6.22. The lowest BCUT2D eigenvalue weighted by Gasteiger charge is -2.21. The number of imidazole rings is 1. The summed E-state index contributed by atoms with van der Waals surface area (Å²) in [5, 5.41) is 10.00. The molecule has 0 saturated heterocycles. The second kappa shape index (κ2) is 11.0. The molecule has 0 aliphatic heterocycles. The van der Waals surface area contributed by atoms with Gasteiger partial charge in [0.2, 0.25) is 0 Å². The van der Waals surface area contributed by atoms with Gasteiger partial charge in [0.05, 0.1) is 11.0 Å². The predicted octanol–water partition coefficient (Wildman–Crippen LogP) is 12.6. The second-order valence-electron chi connectivity index (χ2n) is 12.7. The van der Waals surface area contributed by atoms with Gasteiger partial charge in [-0.2, -0.15) is 0 Å². The minimum atomic E-state index is 0.931. The van der Waals surface area contributed by atoms with Crippen molar-refractivity contribution >= 4 is 54.1 Å². The van der Waals surface area contributed by atoms with Crippen LogP contribution < -0.4 is 0 Å². The molecule has 1 heterocycles. The van der Waals surface area contributed by atoms with Crippen molar-refractivity contribution in [3.8, 4) is 39.3 Å². The number of para-hydroxylation sites is 3. The zero-order valence-corrected chi connectivity index (χ0v) is 26.7. The topological polar surface area (TPSA) is 17.8 Å². The fourth-order valence-electron chi connectivity index (χ4n) is 7.91. The van der Waals surface area contributed by atoms with E-state index in [9.17, 15) is 0 Å². The van der Waals surface area contributed by atoms with Crippen molar-refractivity contribution in [1.29, 1.82) is 0 Å². The molecule has 10 rings (SSSR count). The van der Waals surface area contributed by atoms with Gasteiger partial charge in [-0.1, -0.05) is 152 Å². The molecule has 228 valence electrons. The number of aromatic nitrogens is 2. The highest BCUT2D eigenvalue weighted by molar-refractivity contribution is 6.26. The van der Waals surface area contributed by atoms with Gasteiger partial charge in [-0.25, -0.2) is 4.98 Å². The Labute approximate surface area is 284 Å². The molecule has 0 fully saturated rings. The highest BCUT2D eigenvalue weighted by Crippen LogP contribution is 2.48. The summed E-state index contributed by atoms with van der Waals surface area (Å²) in [6, 6.07) is 65.6. The maximum absolute atomic E-state index is 5.30. The molecule has 9 aromatic carbocycles. The Morgan fingerprint density at radius 1 is 0.347 bits per heavy atom. The molecule has 0 spiro atoms. The van der Waals surface area contributed by atoms with Crippen molar-refractivity contribution in [3.63, 3.8) is 0 Å². The van der Waals surface area contributed by atoms with Crippen LogP contribution in [0.15, 0.2) is 182 Å². The van der Waals surface area contributed by atoms with Gasteiger partial charge in [0.1, 0.15) is 5.82 Å². The third-order valence-corrected chi connectivity index (χ3v) is 9.98. The van der Waals surface area contributed by atoms with Gasteiger partial charge < -0.3 is 0 Å². The van der Waals surface area contributed by atoms with E-state index in [2.05, 4.69) is 187 Å². The summed E-state index contributed by atoms with van der Waals surface area (Å²) in [5.74, 6) is 0.931. The normalized spacial score (nSPS) is 11.7. The molecule has 0 atom stereocenters. The fourth-order valence-corrected chi connectivity index (χ4v) is 7.91. The molecule has 49 heavy (non-hydrogen) atoms. The Morgan fingerprint density at radius 3 is 1.53 bits per heavy atom. The first-order chi connectivity index (χ1) is 24.3. The van der Waals surface area contributed by atoms with Gasteiger partial charge in [-0.15, -0.1) is 0 Å². The van der Waals surface area contributed by atoms with Gasteiger partial charge in [0.15, 0.2) is 0 Å². The van der Waals surface area contributed by atoms with Crippen LogP contribution in [0.4, 0.5) is 0 Å². The minimum absolute atomic E-state index is 0.931. The van der Waals surface area contributed by atoms with Crippen molar-refractivity contribution in [2.75, 3.05) is 0 Å². The largest absolute Gasteiger partial charge is 0.292 e. The van der Waals surface area contributed by atoms with Crippen LogP contribution >= 0.6 is 0 Å². The molecular formula is C47H30N2. The van der Waals surface area contributed by atoms with Gasteiger partial charge in [0, 0.05) is 11.3 Å². The van der Waals surface area contributed by atoms with Crippen molar-refractivity contribution in [2.45, 2.75) is 0 Å². The zero-order chi connectivity index (χ0) is 32.3. The average Bonchev–Trinajstić information content (AvgIpc) is 3.57. The minimum Gasteiger partial charge on any atom is -0.292 e. The summed E-state index contributed by atoms with van der Waals surface area (Å²) in [6.45, 7) is 0. The van der Waals surface area contributed by atoms with E-state index in [0.717, 1.165) is 33.7 Å². The summed E-state index contributed by atoms with van der Waals surface area (Å²) in [4.78, 5) is 5.30. The molecule has 0 N–H and O–H groups in total. The summed E-state index contributed by atoms with van der Waals surface area (Å²) >= 11 is 0. The van der Waals surface area contributed by atoms with Gasteiger partial charge in [0.25, 0.3) is 0 Å². The van der Waals surface area contributed by atoms with E-state index in [-0.39, 0.29) is 0 Å². The van der Waals surface area contributed by atoms with Crippen molar-refractivity contribution in [3.05, 3.63) is 182 Å². The average molecular weight is 623 g/mol. The van der Waals surface area contributed by atoms with Crippen LogP contribution in [-0.2, 0) is 0 Å². The van der Waals surface area contributed by atoms with E-state index < -0.39 is 0 Å². The summed E-state index contributed by atoms with van der Waals surface area (Å²) < 4.78 is 2.30. The van der Waals surface area contributed by atoms with Crippen LogP contribution in [0.2, 0.25) is 0 Å². The lowest BCUT2D eigenvalue weighted by molar-refractivity contribution is 1.10. The molecule has 0 unspecified atom stereocenters. The lowest BCUT2D eigenvalue weighted by atomic mass is 9.83. The Hall–Kier alpha value is -6.51. The number of fused-ring (bicyclic) bond motifs is 6. The molecule has 2 nitrogen and oxygen atoms in total. The van der Waals surface area contributed by atoms with Crippen molar-refractivity contribution in [2.24, 2.45) is 0 Å². The van der Waals surface area contributed by atoms with Gasteiger partial charge in [-0.3, -0.25) is 4.57 Å². The summed E-state index contributed by atoms with van der Waals surface area (Å²) in [7, 11) is 0. The van der Waals surface area contributed by atoms with Crippen molar-refractivity contribution in [1.82, 2.24) is 9.55 Å². The van der Waals surface area contributed by atoms with Crippen LogP contribution in [0.1, 0.15) is 0 Å². The van der Waals surface area contributed by atoms with E-state index in [1.807, 2.05) is 0 Å². The van der Waals surface area contributed by atoms with E-state index in [0.29, 0.717) is 0 Å². The third kappa shape index (κ3) is 4.24. The molecule has 0 aliphatic carbocycles. The molecule has 10 aromatic rings. The van der Waals surface area contributed by atoms with E-state index in [1.165, 1.54) is 59.8 Å². The molecule has 0 radical (unpaired) electrons. The SMILES string of the molecule is c1ccc(-n2c(-c3ccccc3-c3c4ccccc4c(-c4cc5ccccc5c5ccccc45)c4ccccc34)nc3ccccc32)cc1. The van der Waals surface area contributed by atoms with Crippen LogP contribution in [-0.4, -0.2) is 9.55 Å². The predicted molar refractivity (Wildman–Crippen MR) is 207 cm³/mol. The number of hydrogen-bond acceptors (Lipinski definition) is 1. The third-order valence-electron chi connectivity index (χ3n) is 9.98. The van der Waals surface area contributed by atoms with Crippen molar-refractivity contribution < 1.29 is 0 Å². The van der Waals surface area contributed by atoms with Gasteiger partial charge in [-0.05, 0) is 95.7 Å². The Balaban J connectivity index is 1.33. The maximum Gasteiger partial charge on any atom is 0.146 e. The second-order valence-corrected chi connectivity index (χ2v) is 12.7. The molecule has 0 saturated carbocycles. The molecule has 2 heteroatoms. The number of hydrogen-bond donors (Lipinski definition) is 0. The van der Waals surface area contributed by atoms with E-state index >= 15 is 0 Å². The van der Waals surface area contributed by atoms with Crippen LogP contribution in [0.5, 0.6) is 0 Å².